The molecule has 2 unspecified atom stereocenters. The van der Waals surface area contributed by atoms with E-state index in [2.05, 4.69) is 95.4 Å². The van der Waals surface area contributed by atoms with Gasteiger partial charge in [0.05, 0.1) is 33.4 Å². The first-order valence-corrected chi connectivity index (χ1v) is 16.2. The monoisotopic (exact) mass is 660 g/mol. The molecule has 6 aromatic rings. The molecule has 2 aromatic heterocycles. The second-order valence-electron chi connectivity index (χ2n) is 11.9. The summed E-state index contributed by atoms with van der Waals surface area (Å²) in [6.07, 6.45) is 0. The molecule has 0 amide bonds. The molecular weight excluding hydrogens is 623 g/mol. The van der Waals surface area contributed by atoms with Crippen LogP contribution in [0.5, 0.6) is 11.5 Å². The van der Waals surface area contributed by atoms with E-state index in [0.717, 1.165) is 60.5 Å². The van der Waals surface area contributed by atoms with E-state index in [1.165, 1.54) is 23.3 Å². The summed E-state index contributed by atoms with van der Waals surface area (Å²) >= 11 is 0. The Morgan fingerprint density at radius 1 is 0.633 bits per heavy atom. The Labute approximate surface area is 283 Å². The van der Waals surface area contributed by atoms with Crippen molar-refractivity contribution in [2.24, 2.45) is 0 Å². The summed E-state index contributed by atoms with van der Waals surface area (Å²) in [4.78, 5) is 4.70. The highest BCUT2D eigenvalue weighted by Crippen LogP contribution is 2.38. The number of rotatable bonds is 8. The molecule has 49 heavy (non-hydrogen) atoms. The summed E-state index contributed by atoms with van der Waals surface area (Å²) in [5.74, 6) is 2.90. The molecule has 0 saturated heterocycles. The van der Waals surface area contributed by atoms with Gasteiger partial charge in [0, 0.05) is 31.7 Å². The topological polar surface area (TPSA) is 112 Å². The van der Waals surface area contributed by atoms with Gasteiger partial charge in [-0.1, -0.05) is 72.8 Å². The fraction of sp³-hybridized carbons (Fsp3) is 0.278. The fourth-order valence-electron chi connectivity index (χ4n) is 6.53. The van der Waals surface area contributed by atoms with Gasteiger partial charge < -0.3 is 9.47 Å². The van der Waals surface area contributed by atoms with Crippen molar-refractivity contribution >= 4 is 0 Å². The van der Waals surface area contributed by atoms with Crippen LogP contribution in [-0.4, -0.2) is 77.5 Å². The van der Waals surface area contributed by atoms with E-state index in [1.807, 2.05) is 33.6 Å². The summed E-state index contributed by atoms with van der Waals surface area (Å²) in [5.41, 5.74) is 4.48. The third kappa shape index (κ3) is 7.03. The molecule has 0 bridgehead atoms. The van der Waals surface area contributed by atoms with Crippen LogP contribution in [0, 0.1) is 5.82 Å². The third-order valence-electron chi connectivity index (χ3n) is 8.91. The van der Waals surface area contributed by atoms with E-state index in [1.54, 1.807) is 26.4 Å². The molecule has 0 aliphatic carbocycles. The maximum Gasteiger partial charge on any atom is 0.173 e. The Kier molecular flexibility index (Phi) is 9.62. The van der Waals surface area contributed by atoms with Gasteiger partial charge in [0.1, 0.15) is 23.4 Å². The molecule has 8 rings (SSSR count). The number of ether oxygens (including phenoxy) is 2. The van der Waals surface area contributed by atoms with Crippen LogP contribution >= 0.6 is 0 Å². The van der Waals surface area contributed by atoms with Crippen LogP contribution in [0.1, 0.15) is 46.0 Å². The maximum atomic E-state index is 13.3. The van der Waals surface area contributed by atoms with Gasteiger partial charge in [0.2, 0.25) is 0 Å². The molecule has 0 N–H and O–H groups in total. The average molecular weight is 661 g/mol. The zero-order valence-corrected chi connectivity index (χ0v) is 27.4. The van der Waals surface area contributed by atoms with Crippen LogP contribution in [-0.2, 0) is 26.2 Å². The second-order valence-corrected chi connectivity index (χ2v) is 11.9. The van der Waals surface area contributed by atoms with E-state index in [0.29, 0.717) is 13.1 Å². The van der Waals surface area contributed by atoms with Gasteiger partial charge in [-0.3, -0.25) is 9.80 Å². The van der Waals surface area contributed by atoms with Gasteiger partial charge in [0.15, 0.2) is 11.6 Å². The molecule has 0 radical (unpaired) electrons. The Balaban J connectivity index is 0.000000157. The Morgan fingerprint density at radius 2 is 1.20 bits per heavy atom. The number of nitrogens with zero attached hydrogens (tertiary/aromatic N) is 10. The molecule has 12 nitrogen and oxygen atoms in total. The van der Waals surface area contributed by atoms with Gasteiger partial charge in [-0.25, -0.2) is 13.8 Å². The number of halogens is 1. The van der Waals surface area contributed by atoms with Crippen LogP contribution in [0.2, 0.25) is 0 Å². The highest BCUT2D eigenvalue weighted by Gasteiger charge is 2.34. The highest BCUT2D eigenvalue weighted by atomic mass is 19.1. The van der Waals surface area contributed by atoms with Crippen LogP contribution in [0.4, 0.5) is 4.39 Å². The minimum absolute atomic E-state index is 0.102. The largest absolute Gasteiger partial charge is 0.497 e. The van der Waals surface area contributed by atoms with E-state index >= 15 is 0 Å². The molecule has 4 aromatic carbocycles. The van der Waals surface area contributed by atoms with Crippen molar-refractivity contribution in [1.29, 1.82) is 0 Å². The van der Waals surface area contributed by atoms with E-state index in [-0.39, 0.29) is 17.9 Å². The summed E-state index contributed by atoms with van der Waals surface area (Å²) in [6.45, 7) is 4.74. The van der Waals surface area contributed by atoms with Crippen LogP contribution in [0.3, 0.4) is 0 Å². The first-order valence-electron chi connectivity index (χ1n) is 16.2. The molecule has 2 atom stereocenters. The van der Waals surface area contributed by atoms with E-state index < -0.39 is 0 Å². The van der Waals surface area contributed by atoms with Crippen LogP contribution in [0.15, 0.2) is 103 Å². The molecule has 0 saturated carbocycles. The van der Waals surface area contributed by atoms with Crippen LogP contribution < -0.4 is 9.47 Å². The number of methoxy groups -OCH3 is 2. The number of hydrogen-bond acceptors (Lipinski definition) is 10. The molecule has 2 aliphatic heterocycles. The first-order chi connectivity index (χ1) is 24.1. The van der Waals surface area contributed by atoms with Crippen molar-refractivity contribution in [2.45, 2.75) is 38.3 Å². The molecule has 0 spiro atoms. The Hall–Kier alpha value is -5.53. The predicted octanol–water partition coefficient (Wildman–Crippen LogP) is 4.71. The smallest absolute Gasteiger partial charge is 0.173 e. The first kappa shape index (κ1) is 32.0. The maximum absolute atomic E-state index is 13.3. The SMILES string of the molecule is COc1ccc(OC)c(C2c3nnnn3CCN2Cc2ccc(F)cc2)c1.c1ccc(CN2CCn3nnnc3C2c2ccccc2)cc1. The van der Waals surface area contributed by atoms with Gasteiger partial charge in [-0.15, -0.1) is 10.2 Å². The van der Waals surface area contributed by atoms with E-state index in [9.17, 15) is 4.39 Å². The van der Waals surface area contributed by atoms with Crippen LogP contribution in [0.25, 0.3) is 0 Å². The number of tetrazole rings is 2. The normalized spacial score (nSPS) is 17.4. The van der Waals surface area contributed by atoms with Crippen molar-refractivity contribution in [2.75, 3.05) is 27.3 Å². The molecular formula is C36H37FN10O2. The molecule has 4 heterocycles. The summed E-state index contributed by atoms with van der Waals surface area (Å²) in [7, 11) is 3.27. The van der Waals surface area contributed by atoms with E-state index in [4.69, 9.17) is 9.47 Å². The molecule has 250 valence electrons. The minimum Gasteiger partial charge on any atom is -0.497 e. The average Bonchev–Trinajstić information content (AvgIpc) is 3.83. The van der Waals surface area contributed by atoms with Crippen molar-refractivity contribution < 1.29 is 13.9 Å². The van der Waals surface area contributed by atoms with Crippen molar-refractivity contribution in [1.82, 2.24) is 50.2 Å². The van der Waals surface area contributed by atoms with Crippen molar-refractivity contribution in [3.05, 3.63) is 143 Å². The minimum atomic E-state index is -0.243. The summed E-state index contributed by atoms with van der Waals surface area (Å²) in [6, 6.07) is 33.2. The lowest BCUT2D eigenvalue weighted by Gasteiger charge is -2.35. The molecule has 0 fully saturated rings. The lowest BCUT2D eigenvalue weighted by atomic mass is 10.00. The quantitative estimate of drug-likeness (QED) is 0.228. The fourth-order valence-corrected chi connectivity index (χ4v) is 6.53. The number of fused-ring (bicyclic) bond motifs is 2. The number of aromatic nitrogens is 8. The Morgan fingerprint density at radius 3 is 1.82 bits per heavy atom. The number of hydrogen-bond donors (Lipinski definition) is 0. The molecule has 13 heteroatoms. The summed E-state index contributed by atoms with van der Waals surface area (Å²) in [5, 5.41) is 24.4. The second kappa shape index (κ2) is 14.7. The van der Waals surface area contributed by atoms with Crippen molar-refractivity contribution in [3.8, 4) is 11.5 Å². The zero-order chi connectivity index (χ0) is 33.6. The standard InChI is InChI=1S/C19H20FN5O2.C17H17N5/c1-26-15-7-8-17(27-2)16(11-15)18-19-21-22-23-25(19)10-9-24(18)12-13-3-5-14(20)6-4-13;1-3-7-14(8-4-1)13-21-11-12-22-17(18-19-20-22)16(21)15-9-5-2-6-10-15/h3-8,11,18H,9-10,12H2,1-2H3;1-10,16H,11-13H2. The highest BCUT2D eigenvalue weighted by molar-refractivity contribution is 5.44. The van der Waals surface area contributed by atoms with Gasteiger partial charge in [-0.05, 0) is 67.9 Å². The lowest BCUT2D eigenvalue weighted by Crippen LogP contribution is -2.39. The van der Waals surface area contributed by atoms with Gasteiger partial charge in [0.25, 0.3) is 0 Å². The summed E-state index contributed by atoms with van der Waals surface area (Å²) < 4.78 is 28.0. The number of benzene rings is 4. The zero-order valence-electron chi connectivity index (χ0n) is 27.4. The predicted molar refractivity (Wildman–Crippen MR) is 179 cm³/mol. The lowest BCUT2D eigenvalue weighted by molar-refractivity contribution is 0.161. The molecule has 2 aliphatic rings. The Bertz CT molecular complexity index is 1950. The third-order valence-corrected chi connectivity index (χ3v) is 8.91. The van der Waals surface area contributed by atoms with Gasteiger partial charge >= 0.3 is 0 Å². The van der Waals surface area contributed by atoms with Crippen molar-refractivity contribution in [3.63, 3.8) is 0 Å². The van der Waals surface area contributed by atoms with Gasteiger partial charge in [-0.2, -0.15) is 0 Å².